The van der Waals surface area contributed by atoms with Crippen LogP contribution in [0.3, 0.4) is 0 Å². The minimum atomic E-state index is -4.53. The Morgan fingerprint density at radius 1 is 1.57 bits per heavy atom. The Morgan fingerprint density at radius 2 is 2.30 bits per heavy atom. The van der Waals surface area contributed by atoms with E-state index in [1.54, 1.807) is 6.92 Å². The molecule has 0 bridgehead atoms. The van der Waals surface area contributed by atoms with E-state index < -0.39 is 24.4 Å². The van der Waals surface area contributed by atoms with Crippen LogP contribution in [0.15, 0.2) is 16.7 Å². The Bertz CT molecular complexity index is 563. The minimum Gasteiger partial charge on any atom is -0.378 e. The van der Waals surface area contributed by atoms with Crippen molar-refractivity contribution in [2.75, 3.05) is 11.9 Å². The molecule has 0 saturated carbocycles. The van der Waals surface area contributed by atoms with E-state index in [0.29, 0.717) is 28.9 Å². The predicted molar refractivity (Wildman–Crippen MR) is 82.3 cm³/mol. The zero-order valence-electron chi connectivity index (χ0n) is 12.4. The van der Waals surface area contributed by atoms with E-state index in [1.807, 2.05) is 5.32 Å². The number of hydrogen-bond donors (Lipinski definition) is 2. The number of rotatable bonds is 4. The second kappa shape index (κ2) is 7.48. The van der Waals surface area contributed by atoms with Gasteiger partial charge in [-0.25, -0.2) is 4.79 Å². The number of aromatic nitrogens is 1. The van der Waals surface area contributed by atoms with Crippen molar-refractivity contribution in [3.05, 3.63) is 22.4 Å². The van der Waals surface area contributed by atoms with Crippen LogP contribution in [0, 0.1) is 6.92 Å². The molecule has 2 rings (SSSR count). The van der Waals surface area contributed by atoms with Gasteiger partial charge in [0, 0.05) is 19.2 Å². The van der Waals surface area contributed by atoms with Crippen LogP contribution in [-0.2, 0) is 4.74 Å². The third-order valence-corrected chi connectivity index (χ3v) is 4.54. The number of amides is 2. The van der Waals surface area contributed by atoms with Crippen LogP contribution >= 0.6 is 15.9 Å². The largest absolute Gasteiger partial charge is 0.408 e. The van der Waals surface area contributed by atoms with Gasteiger partial charge in [0.25, 0.3) is 0 Å². The number of anilines is 1. The zero-order chi connectivity index (χ0) is 17.0. The van der Waals surface area contributed by atoms with Crippen LogP contribution in [-0.4, -0.2) is 35.9 Å². The summed E-state index contributed by atoms with van der Waals surface area (Å²) in [5, 5.41) is 4.38. The lowest BCUT2D eigenvalue weighted by Crippen LogP contribution is -2.48. The molecule has 0 aliphatic carbocycles. The third-order valence-electron chi connectivity index (χ3n) is 3.53. The van der Waals surface area contributed by atoms with Gasteiger partial charge in [0.1, 0.15) is 6.04 Å². The number of nitrogens with zero attached hydrogens (tertiary/aromatic N) is 1. The Morgan fingerprint density at radius 3 is 2.91 bits per heavy atom. The van der Waals surface area contributed by atoms with E-state index in [-0.39, 0.29) is 6.42 Å². The summed E-state index contributed by atoms with van der Waals surface area (Å²) < 4.78 is 45.0. The van der Waals surface area contributed by atoms with Crippen molar-refractivity contribution in [2.45, 2.75) is 44.5 Å². The van der Waals surface area contributed by atoms with Crippen LogP contribution < -0.4 is 10.6 Å². The number of nitrogens with one attached hydrogen (secondary N) is 2. The first-order valence-corrected chi connectivity index (χ1v) is 7.93. The predicted octanol–water partition coefficient (Wildman–Crippen LogP) is 3.77. The molecule has 2 atom stereocenters. The number of halogens is 4. The lowest BCUT2D eigenvalue weighted by Gasteiger charge is -2.24. The molecule has 1 aromatic heterocycles. The molecular weight excluding hydrogens is 379 g/mol. The Balaban J connectivity index is 2.00. The van der Waals surface area contributed by atoms with Crippen molar-refractivity contribution in [1.29, 1.82) is 0 Å². The molecule has 0 spiro atoms. The first-order valence-electron chi connectivity index (χ1n) is 7.14. The number of aryl methyl sites for hydroxylation is 1. The van der Waals surface area contributed by atoms with Crippen LogP contribution in [0.25, 0.3) is 0 Å². The highest BCUT2D eigenvalue weighted by Crippen LogP contribution is 2.28. The van der Waals surface area contributed by atoms with Crippen molar-refractivity contribution >= 4 is 27.6 Å². The normalized spacial score (nSPS) is 19.4. The summed E-state index contributed by atoms with van der Waals surface area (Å²) >= 11 is 3.24. The second-order valence-electron chi connectivity index (χ2n) is 5.32. The highest BCUT2D eigenvalue weighted by molar-refractivity contribution is 9.10. The maximum atomic E-state index is 13.1. The maximum Gasteiger partial charge on any atom is 0.408 e. The van der Waals surface area contributed by atoms with E-state index in [4.69, 9.17) is 4.74 Å². The summed E-state index contributed by atoms with van der Waals surface area (Å²) in [6, 6.07) is -1.37. The van der Waals surface area contributed by atoms with Gasteiger partial charge in [0.2, 0.25) is 0 Å². The average Bonchev–Trinajstić information content (AvgIpc) is 2.95. The number of pyridine rings is 1. The van der Waals surface area contributed by atoms with Crippen molar-refractivity contribution in [2.24, 2.45) is 0 Å². The Kier molecular flexibility index (Phi) is 5.85. The van der Waals surface area contributed by atoms with Gasteiger partial charge < -0.3 is 15.4 Å². The third kappa shape index (κ3) is 5.07. The Hall–Kier alpha value is -1.35. The van der Waals surface area contributed by atoms with E-state index >= 15 is 0 Å². The number of carbonyl (C=O) groups excluding carboxylic acids is 1. The molecule has 2 unspecified atom stereocenters. The van der Waals surface area contributed by atoms with Gasteiger partial charge in [0.05, 0.1) is 22.0 Å². The fraction of sp³-hybridized carbons (Fsp3) is 0.571. The second-order valence-corrected chi connectivity index (χ2v) is 6.11. The molecule has 9 heteroatoms. The minimum absolute atomic E-state index is 0.284. The number of ether oxygens (including phenoxy) is 1. The van der Waals surface area contributed by atoms with Gasteiger partial charge in [-0.1, -0.05) is 0 Å². The lowest BCUT2D eigenvalue weighted by atomic mass is 10.1. The molecule has 0 radical (unpaired) electrons. The number of carbonyl (C=O) groups is 1. The summed E-state index contributed by atoms with van der Waals surface area (Å²) in [7, 11) is 0. The van der Waals surface area contributed by atoms with Crippen molar-refractivity contribution in [3.63, 3.8) is 0 Å². The van der Waals surface area contributed by atoms with Crippen LogP contribution in [0.1, 0.15) is 25.0 Å². The molecule has 1 saturated heterocycles. The van der Waals surface area contributed by atoms with E-state index in [2.05, 4.69) is 26.2 Å². The van der Waals surface area contributed by atoms with Crippen molar-refractivity contribution in [3.8, 4) is 0 Å². The SMILES string of the molecule is Cc1nccc(NC(=O)NC(CC2CCCO2)C(F)(F)F)c1Br. The number of hydrogen-bond acceptors (Lipinski definition) is 3. The molecular formula is C14H17BrF3N3O2. The molecule has 128 valence electrons. The lowest BCUT2D eigenvalue weighted by molar-refractivity contribution is -0.159. The molecule has 2 N–H and O–H groups in total. The van der Waals surface area contributed by atoms with Gasteiger partial charge in [-0.2, -0.15) is 13.2 Å². The maximum absolute atomic E-state index is 13.1. The summed E-state index contributed by atoms with van der Waals surface area (Å²) in [5.74, 6) is 0. The molecule has 5 nitrogen and oxygen atoms in total. The smallest absolute Gasteiger partial charge is 0.378 e. The molecule has 2 amide bonds. The number of alkyl halides is 3. The Labute approximate surface area is 140 Å². The fourth-order valence-corrected chi connectivity index (χ4v) is 2.66. The summed E-state index contributed by atoms with van der Waals surface area (Å²) in [6.45, 7) is 2.17. The molecule has 1 aliphatic rings. The highest BCUT2D eigenvalue weighted by Gasteiger charge is 2.42. The summed E-state index contributed by atoms with van der Waals surface area (Å²) in [5.41, 5.74) is 0.975. The van der Waals surface area contributed by atoms with Gasteiger partial charge in [-0.3, -0.25) is 4.98 Å². The molecule has 23 heavy (non-hydrogen) atoms. The summed E-state index contributed by atoms with van der Waals surface area (Å²) in [4.78, 5) is 15.9. The molecule has 2 heterocycles. The van der Waals surface area contributed by atoms with Gasteiger partial charge in [0.15, 0.2) is 0 Å². The molecule has 0 aromatic carbocycles. The quantitative estimate of drug-likeness (QED) is 0.815. The van der Waals surface area contributed by atoms with Gasteiger partial charge in [-0.05, 0) is 41.8 Å². The van der Waals surface area contributed by atoms with Crippen molar-refractivity contribution < 1.29 is 22.7 Å². The summed E-state index contributed by atoms with van der Waals surface area (Å²) in [6.07, 6.45) is -2.52. The zero-order valence-corrected chi connectivity index (χ0v) is 14.0. The first kappa shape index (κ1) is 18.0. The van der Waals surface area contributed by atoms with E-state index in [0.717, 1.165) is 6.42 Å². The number of urea groups is 1. The first-order chi connectivity index (χ1) is 10.8. The van der Waals surface area contributed by atoms with Crippen molar-refractivity contribution in [1.82, 2.24) is 10.3 Å². The fourth-order valence-electron chi connectivity index (χ4n) is 2.33. The van der Waals surface area contributed by atoms with Crippen LogP contribution in [0.4, 0.5) is 23.7 Å². The van der Waals surface area contributed by atoms with Gasteiger partial charge in [-0.15, -0.1) is 0 Å². The monoisotopic (exact) mass is 395 g/mol. The molecule has 1 aliphatic heterocycles. The average molecular weight is 396 g/mol. The molecule has 1 aromatic rings. The highest BCUT2D eigenvalue weighted by atomic mass is 79.9. The standard InChI is InChI=1S/C14H17BrF3N3O2/c1-8-12(15)10(4-5-19-8)20-13(22)21-11(14(16,17)18)7-9-3-2-6-23-9/h4-5,9,11H,2-3,6-7H2,1H3,(H2,19,20,21,22). The van der Waals surface area contributed by atoms with Crippen LogP contribution in [0.2, 0.25) is 0 Å². The molecule has 1 fully saturated rings. The topological polar surface area (TPSA) is 63.2 Å². The van der Waals surface area contributed by atoms with Gasteiger partial charge >= 0.3 is 12.2 Å². The van der Waals surface area contributed by atoms with Crippen LogP contribution in [0.5, 0.6) is 0 Å². The van der Waals surface area contributed by atoms with E-state index in [1.165, 1.54) is 12.3 Å². The van der Waals surface area contributed by atoms with E-state index in [9.17, 15) is 18.0 Å².